The quantitative estimate of drug-likeness (QED) is 0.799. The first kappa shape index (κ1) is 11.1. The van der Waals surface area contributed by atoms with Gasteiger partial charge in [0, 0.05) is 13.7 Å². The van der Waals surface area contributed by atoms with E-state index in [2.05, 4.69) is 15.5 Å². The first-order valence-corrected chi connectivity index (χ1v) is 6.04. The average Bonchev–Trinajstić information content (AvgIpc) is 2.86. The van der Waals surface area contributed by atoms with Gasteiger partial charge in [0.2, 0.25) is 11.7 Å². The summed E-state index contributed by atoms with van der Waals surface area (Å²) in [5.41, 5.74) is -0.334. The van der Waals surface area contributed by atoms with Gasteiger partial charge in [0.1, 0.15) is 5.60 Å². The molecule has 1 saturated heterocycles. The second-order valence-corrected chi connectivity index (χ2v) is 4.86. The lowest BCUT2D eigenvalue weighted by molar-refractivity contribution is -0.0858. The number of aliphatic hydroxyl groups is 1. The molecule has 1 saturated carbocycles. The van der Waals surface area contributed by atoms with Crippen molar-refractivity contribution < 1.29 is 14.4 Å². The van der Waals surface area contributed by atoms with Crippen molar-refractivity contribution >= 4 is 0 Å². The molecule has 6 heteroatoms. The van der Waals surface area contributed by atoms with E-state index < -0.39 is 0 Å². The molecule has 2 heterocycles. The summed E-state index contributed by atoms with van der Waals surface area (Å²) in [7, 11) is 1.69. The third-order valence-electron chi connectivity index (χ3n) is 3.81. The van der Waals surface area contributed by atoms with Crippen LogP contribution in [0.15, 0.2) is 4.52 Å². The molecule has 0 amide bonds. The monoisotopic (exact) mass is 239 g/mol. The minimum absolute atomic E-state index is 0.0276. The number of nitrogens with zero attached hydrogens (tertiary/aromatic N) is 2. The Bertz CT molecular complexity index is 397. The van der Waals surface area contributed by atoms with Crippen LogP contribution in [0.3, 0.4) is 0 Å². The number of rotatable bonds is 3. The SMILES string of the molecule is COC1(c2noc([C@H]3C[C@@H](O)CN3)n2)CCC1. The second-order valence-electron chi connectivity index (χ2n) is 4.86. The fraction of sp³-hybridized carbons (Fsp3) is 0.818. The van der Waals surface area contributed by atoms with Gasteiger partial charge >= 0.3 is 0 Å². The van der Waals surface area contributed by atoms with Crippen molar-refractivity contribution in [1.29, 1.82) is 0 Å². The number of aliphatic hydroxyl groups excluding tert-OH is 1. The van der Waals surface area contributed by atoms with Gasteiger partial charge < -0.3 is 19.7 Å². The maximum Gasteiger partial charge on any atom is 0.243 e. The molecule has 94 valence electrons. The van der Waals surface area contributed by atoms with E-state index in [4.69, 9.17) is 9.26 Å². The standard InChI is InChI=1S/C11H17N3O3/c1-16-11(3-2-4-11)10-13-9(17-14-10)8-5-7(15)6-12-8/h7-8,12,15H,2-6H2,1H3/t7-,8-/m1/s1. The fourth-order valence-corrected chi connectivity index (χ4v) is 2.48. The maximum atomic E-state index is 9.45. The molecule has 2 N–H and O–H groups in total. The van der Waals surface area contributed by atoms with Crippen LogP contribution in [0.1, 0.15) is 43.4 Å². The molecule has 1 aromatic rings. The highest BCUT2D eigenvalue weighted by atomic mass is 16.5. The molecular formula is C11H17N3O3. The zero-order valence-corrected chi connectivity index (χ0v) is 9.85. The smallest absolute Gasteiger partial charge is 0.243 e. The van der Waals surface area contributed by atoms with Crippen LogP contribution < -0.4 is 5.32 Å². The zero-order chi connectivity index (χ0) is 11.9. The van der Waals surface area contributed by atoms with Gasteiger partial charge in [-0.05, 0) is 25.7 Å². The lowest BCUT2D eigenvalue weighted by atomic mass is 9.79. The summed E-state index contributed by atoms with van der Waals surface area (Å²) in [5.74, 6) is 1.20. The van der Waals surface area contributed by atoms with Gasteiger partial charge in [0.05, 0.1) is 12.1 Å². The Kier molecular flexibility index (Phi) is 2.65. The Labute approximate surface area is 99.3 Å². The minimum Gasteiger partial charge on any atom is -0.392 e. The van der Waals surface area contributed by atoms with E-state index in [-0.39, 0.29) is 17.7 Å². The predicted octanol–water partition coefficient (Wildman–Crippen LogP) is 0.490. The predicted molar refractivity (Wildman–Crippen MR) is 58.2 cm³/mol. The van der Waals surface area contributed by atoms with Crippen LogP contribution in [0.25, 0.3) is 0 Å². The number of β-amino-alcohol motifs (C(OH)–C–C–N with tert-alkyl or cyclic N) is 1. The molecular weight excluding hydrogens is 222 g/mol. The van der Waals surface area contributed by atoms with Gasteiger partial charge in [-0.1, -0.05) is 5.16 Å². The van der Waals surface area contributed by atoms with Gasteiger partial charge in [-0.3, -0.25) is 0 Å². The summed E-state index contributed by atoms with van der Waals surface area (Å²) in [5, 5.41) is 16.6. The summed E-state index contributed by atoms with van der Waals surface area (Å²) in [6.07, 6.45) is 3.34. The Morgan fingerprint density at radius 1 is 1.53 bits per heavy atom. The highest BCUT2D eigenvalue weighted by Crippen LogP contribution is 2.43. The number of aromatic nitrogens is 2. The van der Waals surface area contributed by atoms with Crippen molar-refractivity contribution in [3.8, 4) is 0 Å². The highest BCUT2D eigenvalue weighted by Gasteiger charge is 2.44. The molecule has 0 aromatic carbocycles. The summed E-state index contributed by atoms with van der Waals surface area (Å²) < 4.78 is 10.8. The Morgan fingerprint density at radius 2 is 2.35 bits per heavy atom. The largest absolute Gasteiger partial charge is 0.392 e. The van der Waals surface area contributed by atoms with Gasteiger partial charge in [0.25, 0.3) is 0 Å². The van der Waals surface area contributed by atoms with E-state index in [0.717, 1.165) is 19.3 Å². The van der Waals surface area contributed by atoms with E-state index in [9.17, 15) is 5.11 Å². The minimum atomic E-state index is -0.334. The summed E-state index contributed by atoms with van der Waals surface area (Å²) in [6, 6.07) is -0.0276. The van der Waals surface area contributed by atoms with Gasteiger partial charge in [0.15, 0.2) is 0 Å². The van der Waals surface area contributed by atoms with Crippen LogP contribution in [0.5, 0.6) is 0 Å². The molecule has 0 radical (unpaired) electrons. The zero-order valence-electron chi connectivity index (χ0n) is 9.85. The third kappa shape index (κ3) is 1.76. The molecule has 2 aliphatic rings. The van der Waals surface area contributed by atoms with E-state index in [0.29, 0.717) is 24.7 Å². The summed E-state index contributed by atoms with van der Waals surface area (Å²) >= 11 is 0. The van der Waals surface area contributed by atoms with Crippen molar-refractivity contribution in [2.75, 3.05) is 13.7 Å². The molecule has 17 heavy (non-hydrogen) atoms. The number of hydrogen-bond donors (Lipinski definition) is 2. The molecule has 1 aliphatic carbocycles. The molecule has 2 atom stereocenters. The number of methoxy groups -OCH3 is 1. The van der Waals surface area contributed by atoms with E-state index in [1.807, 2.05) is 0 Å². The van der Waals surface area contributed by atoms with Crippen LogP contribution in [-0.4, -0.2) is 35.0 Å². The highest BCUT2D eigenvalue weighted by molar-refractivity contribution is 5.08. The molecule has 0 unspecified atom stereocenters. The lowest BCUT2D eigenvalue weighted by Gasteiger charge is -2.37. The normalized spacial score (nSPS) is 31.4. The third-order valence-corrected chi connectivity index (χ3v) is 3.81. The van der Waals surface area contributed by atoms with Crippen LogP contribution in [0, 0.1) is 0 Å². The summed E-state index contributed by atoms with van der Waals surface area (Å²) in [4.78, 5) is 4.42. The van der Waals surface area contributed by atoms with E-state index in [1.54, 1.807) is 7.11 Å². The Morgan fingerprint density at radius 3 is 2.88 bits per heavy atom. The van der Waals surface area contributed by atoms with Crippen LogP contribution in [0.4, 0.5) is 0 Å². The van der Waals surface area contributed by atoms with Crippen molar-refractivity contribution in [1.82, 2.24) is 15.5 Å². The lowest BCUT2D eigenvalue weighted by Crippen LogP contribution is -2.37. The number of nitrogens with one attached hydrogen (secondary N) is 1. The molecule has 0 spiro atoms. The van der Waals surface area contributed by atoms with Crippen molar-refractivity contribution in [2.45, 2.75) is 43.4 Å². The number of hydrogen-bond acceptors (Lipinski definition) is 6. The molecule has 0 bridgehead atoms. The van der Waals surface area contributed by atoms with Crippen LogP contribution >= 0.6 is 0 Å². The van der Waals surface area contributed by atoms with Crippen LogP contribution in [0.2, 0.25) is 0 Å². The summed E-state index contributed by atoms with van der Waals surface area (Å²) in [6.45, 7) is 0.581. The van der Waals surface area contributed by atoms with E-state index >= 15 is 0 Å². The first-order chi connectivity index (χ1) is 8.23. The fourth-order valence-electron chi connectivity index (χ4n) is 2.48. The van der Waals surface area contributed by atoms with Gasteiger partial charge in [-0.2, -0.15) is 4.98 Å². The molecule has 3 rings (SSSR count). The second kappa shape index (κ2) is 4.04. The number of ether oxygens (including phenoxy) is 1. The average molecular weight is 239 g/mol. The Hall–Kier alpha value is -0.980. The molecule has 1 aromatic heterocycles. The van der Waals surface area contributed by atoms with Gasteiger partial charge in [-0.15, -0.1) is 0 Å². The van der Waals surface area contributed by atoms with Crippen molar-refractivity contribution in [3.63, 3.8) is 0 Å². The van der Waals surface area contributed by atoms with Gasteiger partial charge in [-0.25, -0.2) is 0 Å². The first-order valence-electron chi connectivity index (χ1n) is 6.04. The van der Waals surface area contributed by atoms with Crippen molar-refractivity contribution in [2.24, 2.45) is 0 Å². The Balaban J connectivity index is 1.78. The van der Waals surface area contributed by atoms with Crippen LogP contribution in [-0.2, 0) is 10.3 Å². The van der Waals surface area contributed by atoms with Crippen molar-refractivity contribution in [3.05, 3.63) is 11.7 Å². The molecule has 2 fully saturated rings. The van der Waals surface area contributed by atoms with E-state index in [1.165, 1.54) is 0 Å². The topological polar surface area (TPSA) is 80.4 Å². The maximum absolute atomic E-state index is 9.45. The molecule has 6 nitrogen and oxygen atoms in total. The molecule has 1 aliphatic heterocycles.